The molecular weight excluding hydrogens is 461 g/mol. The first-order valence-corrected chi connectivity index (χ1v) is 10.4. The molecular formula is C21H19F3N4O4S. The van der Waals surface area contributed by atoms with Crippen molar-refractivity contribution in [2.45, 2.75) is 26.4 Å². The number of benzene rings is 1. The van der Waals surface area contributed by atoms with Gasteiger partial charge in [0, 0.05) is 16.6 Å². The molecule has 2 heterocycles. The lowest BCUT2D eigenvalue weighted by Gasteiger charge is -2.12. The van der Waals surface area contributed by atoms with Gasteiger partial charge < -0.3 is 15.1 Å². The number of aromatic nitrogens is 1. The van der Waals surface area contributed by atoms with Gasteiger partial charge in [0.25, 0.3) is 11.8 Å². The quantitative estimate of drug-likeness (QED) is 0.472. The van der Waals surface area contributed by atoms with Crippen molar-refractivity contribution >= 4 is 39.9 Å². The van der Waals surface area contributed by atoms with E-state index in [1.54, 1.807) is 24.5 Å². The van der Waals surface area contributed by atoms with Gasteiger partial charge in [-0.1, -0.05) is 6.07 Å². The highest BCUT2D eigenvalue weighted by Gasteiger charge is 2.28. The van der Waals surface area contributed by atoms with Crippen LogP contribution in [0.15, 0.2) is 40.3 Å². The van der Waals surface area contributed by atoms with Gasteiger partial charge in [0.05, 0.1) is 23.9 Å². The second kappa shape index (κ2) is 9.86. The van der Waals surface area contributed by atoms with Crippen LogP contribution in [0.2, 0.25) is 0 Å². The number of anilines is 2. The first-order chi connectivity index (χ1) is 15.5. The highest BCUT2D eigenvalue weighted by Crippen LogP contribution is 2.21. The Kier molecular flexibility index (Phi) is 7.16. The van der Waals surface area contributed by atoms with Crippen molar-refractivity contribution in [2.75, 3.05) is 17.2 Å². The lowest BCUT2D eigenvalue weighted by molar-refractivity contribution is -0.123. The molecule has 0 saturated heterocycles. The van der Waals surface area contributed by atoms with Gasteiger partial charge in [0.1, 0.15) is 12.3 Å². The summed E-state index contributed by atoms with van der Waals surface area (Å²) in [6, 6.07) is 5.73. The number of carbonyl (C=O) groups excluding carboxylic acids is 3. The van der Waals surface area contributed by atoms with Gasteiger partial charge in [-0.05, 0) is 37.6 Å². The molecule has 1 aromatic carbocycles. The molecule has 0 radical (unpaired) electrons. The molecule has 2 aromatic heterocycles. The molecule has 3 N–H and O–H groups in total. The van der Waals surface area contributed by atoms with Gasteiger partial charge in [-0.25, -0.2) is 4.98 Å². The van der Waals surface area contributed by atoms with Gasteiger partial charge in [-0.15, -0.1) is 11.3 Å². The number of amides is 3. The van der Waals surface area contributed by atoms with Crippen LogP contribution in [0, 0.1) is 13.8 Å². The molecule has 0 spiro atoms. The molecule has 33 heavy (non-hydrogen) atoms. The fourth-order valence-corrected chi connectivity index (χ4v) is 3.48. The number of hydrogen-bond acceptors (Lipinski definition) is 6. The Hall–Kier alpha value is -3.67. The van der Waals surface area contributed by atoms with Gasteiger partial charge in [-0.2, -0.15) is 13.2 Å². The predicted molar refractivity (Wildman–Crippen MR) is 115 cm³/mol. The number of aryl methyl sites for hydroxylation is 2. The molecule has 0 aliphatic carbocycles. The third kappa shape index (κ3) is 6.65. The van der Waals surface area contributed by atoms with Crippen LogP contribution < -0.4 is 16.0 Å². The normalized spacial score (nSPS) is 11.2. The summed E-state index contributed by atoms with van der Waals surface area (Å²) in [5.41, 5.74) is 1.68. The average Bonchev–Trinajstić information content (AvgIpc) is 3.35. The molecule has 8 nitrogen and oxygen atoms in total. The zero-order chi connectivity index (χ0) is 24.2. The van der Waals surface area contributed by atoms with E-state index in [0.717, 1.165) is 11.3 Å². The van der Waals surface area contributed by atoms with Crippen LogP contribution in [0.25, 0.3) is 0 Å². The number of furan rings is 1. The van der Waals surface area contributed by atoms with E-state index in [1.807, 2.05) is 0 Å². The molecule has 0 fully saturated rings. The fraction of sp³-hybridized carbons (Fsp3) is 0.238. The number of nitrogens with zero attached hydrogens (tertiary/aromatic N) is 1. The molecule has 0 bridgehead atoms. The Morgan fingerprint density at radius 3 is 2.52 bits per heavy atom. The summed E-state index contributed by atoms with van der Waals surface area (Å²) >= 11 is 1.15. The average molecular weight is 480 g/mol. The Morgan fingerprint density at radius 2 is 1.85 bits per heavy atom. The lowest BCUT2D eigenvalue weighted by Crippen LogP contribution is -2.33. The van der Waals surface area contributed by atoms with Gasteiger partial charge >= 0.3 is 6.18 Å². The molecule has 0 saturated carbocycles. The Labute approximate surface area is 190 Å². The van der Waals surface area contributed by atoms with E-state index in [2.05, 4.69) is 15.6 Å². The lowest BCUT2D eigenvalue weighted by atomic mass is 10.1. The van der Waals surface area contributed by atoms with Gasteiger partial charge in [0.2, 0.25) is 5.91 Å². The topological polar surface area (TPSA) is 113 Å². The number of carbonyl (C=O) groups is 3. The van der Waals surface area contributed by atoms with Crippen LogP contribution >= 0.6 is 11.3 Å². The third-order valence-corrected chi connectivity index (χ3v) is 5.25. The predicted octanol–water partition coefficient (Wildman–Crippen LogP) is 4.08. The highest BCUT2D eigenvalue weighted by molar-refractivity contribution is 7.14. The minimum Gasteiger partial charge on any atom is -0.469 e. The summed E-state index contributed by atoms with van der Waals surface area (Å²) in [6.45, 7) is 1.88. The maximum absolute atomic E-state index is 12.4. The number of thiazole rings is 1. The standard InChI is InChI=1S/C21H19F3N4O4S/c1-11-3-4-13(18(30)25-10-21(22,23)24)7-16(11)27-17(29)8-14-9-33-20(26-14)28-19(31)15-5-6-32-12(15)2/h3-7,9H,8,10H2,1-2H3,(H,25,30)(H,27,29)(H,26,28,31). The van der Waals surface area contributed by atoms with E-state index in [0.29, 0.717) is 33.4 Å². The van der Waals surface area contributed by atoms with Gasteiger partial charge in [0.15, 0.2) is 5.13 Å². The SMILES string of the molecule is Cc1ccc(C(=O)NCC(F)(F)F)cc1NC(=O)Cc1csc(NC(=O)c2ccoc2C)n1. The number of nitrogens with one attached hydrogen (secondary N) is 3. The van der Waals surface area contributed by atoms with E-state index in [1.165, 1.54) is 30.5 Å². The van der Waals surface area contributed by atoms with Crippen LogP contribution in [-0.4, -0.2) is 35.4 Å². The smallest absolute Gasteiger partial charge is 0.405 e. The number of alkyl halides is 3. The Bertz CT molecular complexity index is 1190. The maximum atomic E-state index is 12.4. The van der Waals surface area contributed by atoms with E-state index in [4.69, 9.17) is 4.42 Å². The first-order valence-electron chi connectivity index (χ1n) is 9.57. The molecule has 0 aliphatic rings. The van der Waals surface area contributed by atoms with Crippen molar-refractivity contribution in [1.82, 2.24) is 10.3 Å². The third-order valence-electron chi connectivity index (χ3n) is 4.44. The van der Waals surface area contributed by atoms with Crippen molar-refractivity contribution in [1.29, 1.82) is 0 Å². The fourth-order valence-electron chi connectivity index (χ4n) is 2.77. The molecule has 174 valence electrons. The van der Waals surface area contributed by atoms with E-state index in [9.17, 15) is 27.6 Å². The van der Waals surface area contributed by atoms with Crippen molar-refractivity contribution in [3.8, 4) is 0 Å². The molecule has 0 atom stereocenters. The van der Waals surface area contributed by atoms with Crippen LogP contribution in [0.5, 0.6) is 0 Å². The second-order valence-electron chi connectivity index (χ2n) is 7.04. The summed E-state index contributed by atoms with van der Waals surface area (Å²) < 4.78 is 42.0. The largest absolute Gasteiger partial charge is 0.469 e. The van der Waals surface area contributed by atoms with Crippen molar-refractivity contribution in [3.05, 3.63) is 64.1 Å². The summed E-state index contributed by atoms with van der Waals surface area (Å²) in [7, 11) is 0. The Morgan fingerprint density at radius 1 is 1.09 bits per heavy atom. The summed E-state index contributed by atoms with van der Waals surface area (Å²) in [6.07, 6.45) is -3.24. The minimum atomic E-state index is -4.53. The number of hydrogen-bond donors (Lipinski definition) is 3. The summed E-state index contributed by atoms with van der Waals surface area (Å²) in [4.78, 5) is 40.8. The zero-order valence-corrected chi connectivity index (χ0v) is 18.3. The zero-order valence-electron chi connectivity index (χ0n) is 17.5. The van der Waals surface area contributed by atoms with Crippen LogP contribution in [0.1, 0.15) is 37.7 Å². The maximum Gasteiger partial charge on any atom is 0.405 e. The van der Waals surface area contributed by atoms with Crippen LogP contribution in [0.3, 0.4) is 0 Å². The van der Waals surface area contributed by atoms with Crippen LogP contribution in [0.4, 0.5) is 24.0 Å². The number of rotatable bonds is 7. The molecule has 0 unspecified atom stereocenters. The van der Waals surface area contributed by atoms with Crippen molar-refractivity contribution < 1.29 is 32.0 Å². The first kappa shape index (κ1) is 24.0. The Balaban J connectivity index is 1.60. The second-order valence-corrected chi connectivity index (χ2v) is 7.90. The summed E-state index contributed by atoms with van der Waals surface area (Å²) in [5, 5.41) is 8.97. The molecule has 3 aromatic rings. The van der Waals surface area contributed by atoms with Crippen molar-refractivity contribution in [2.24, 2.45) is 0 Å². The molecule has 12 heteroatoms. The van der Waals surface area contributed by atoms with Gasteiger partial charge in [-0.3, -0.25) is 19.7 Å². The highest BCUT2D eigenvalue weighted by atomic mass is 32.1. The molecule has 3 rings (SSSR count). The van der Waals surface area contributed by atoms with Crippen molar-refractivity contribution in [3.63, 3.8) is 0 Å². The molecule has 0 aliphatic heterocycles. The van der Waals surface area contributed by atoms with E-state index in [-0.39, 0.29) is 17.9 Å². The minimum absolute atomic E-state index is 0.0200. The molecule has 3 amide bonds. The monoisotopic (exact) mass is 480 g/mol. The number of halogens is 3. The van der Waals surface area contributed by atoms with Crippen LogP contribution in [-0.2, 0) is 11.2 Å². The van der Waals surface area contributed by atoms with E-state index >= 15 is 0 Å². The van der Waals surface area contributed by atoms with E-state index < -0.39 is 24.5 Å². The summed E-state index contributed by atoms with van der Waals surface area (Å²) in [5.74, 6) is -1.27.